The number of halogens is 1. The number of hydrogen-bond acceptors (Lipinski definition) is 4. The van der Waals surface area contributed by atoms with E-state index in [9.17, 15) is 9.50 Å². The zero-order chi connectivity index (χ0) is 12.7. The van der Waals surface area contributed by atoms with Gasteiger partial charge in [-0.15, -0.1) is 0 Å². The second-order valence-corrected chi connectivity index (χ2v) is 4.37. The van der Waals surface area contributed by atoms with Crippen molar-refractivity contribution in [1.82, 2.24) is 9.55 Å². The van der Waals surface area contributed by atoms with Crippen molar-refractivity contribution in [2.75, 3.05) is 6.61 Å². The van der Waals surface area contributed by atoms with E-state index in [1.807, 2.05) is 0 Å². The Morgan fingerprint density at radius 2 is 2.33 bits per heavy atom. The molecule has 0 radical (unpaired) electrons. The fourth-order valence-electron chi connectivity index (χ4n) is 2.31. The SMILES string of the molecule is OC[C@H]1O[C@@H](n2cnc3cccc(F)c32)C[C@@H]1O. The van der Waals surface area contributed by atoms with Crippen LogP contribution >= 0.6 is 0 Å². The lowest BCUT2D eigenvalue weighted by Gasteiger charge is -2.14. The van der Waals surface area contributed by atoms with E-state index in [1.165, 1.54) is 12.4 Å². The van der Waals surface area contributed by atoms with Crippen LogP contribution in [0.1, 0.15) is 12.6 Å². The fraction of sp³-hybridized carbons (Fsp3) is 0.417. The quantitative estimate of drug-likeness (QED) is 0.830. The molecule has 96 valence electrons. The van der Waals surface area contributed by atoms with E-state index in [0.717, 1.165) is 0 Å². The molecule has 2 N–H and O–H groups in total. The van der Waals surface area contributed by atoms with Gasteiger partial charge in [0.2, 0.25) is 0 Å². The molecule has 0 bridgehead atoms. The van der Waals surface area contributed by atoms with Gasteiger partial charge in [0.25, 0.3) is 0 Å². The van der Waals surface area contributed by atoms with Crippen molar-refractivity contribution < 1.29 is 19.3 Å². The number of imidazole rings is 1. The van der Waals surface area contributed by atoms with E-state index in [1.54, 1.807) is 16.7 Å². The molecule has 0 saturated carbocycles. The van der Waals surface area contributed by atoms with Crippen LogP contribution in [0.2, 0.25) is 0 Å². The van der Waals surface area contributed by atoms with E-state index >= 15 is 0 Å². The van der Waals surface area contributed by atoms with E-state index in [4.69, 9.17) is 9.84 Å². The maximum Gasteiger partial charge on any atom is 0.149 e. The second kappa shape index (κ2) is 4.31. The first-order chi connectivity index (χ1) is 8.70. The summed E-state index contributed by atoms with van der Waals surface area (Å²) in [5.74, 6) is -0.379. The molecule has 1 aliphatic rings. The third kappa shape index (κ3) is 1.69. The Hall–Kier alpha value is -1.50. The summed E-state index contributed by atoms with van der Waals surface area (Å²) in [6.07, 6.45) is -0.0712. The summed E-state index contributed by atoms with van der Waals surface area (Å²) in [7, 11) is 0. The van der Waals surface area contributed by atoms with Crippen LogP contribution in [0.25, 0.3) is 11.0 Å². The summed E-state index contributed by atoms with van der Waals surface area (Å²) >= 11 is 0. The van der Waals surface area contributed by atoms with Crippen LogP contribution in [-0.2, 0) is 4.74 Å². The molecule has 2 heterocycles. The summed E-state index contributed by atoms with van der Waals surface area (Å²) < 4.78 is 20.8. The summed E-state index contributed by atoms with van der Waals surface area (Å²) in [6.45, 7) is -0.257. The van der Waals surface area contributed by atoms with Gasteiger partial charge in [-0.05, 0) is 12.1 Å². The van der Waals surface area contributed by atoms with Gasteiger partial charge in [-0.2, -0.15) is 0 Å². The molecule has 3 rings (SSSR count). The van der Waals surface area contributed by atoms with Gasteiger partial charge in [0.05, 0.1) is 24.6 Å². The normalized spacial score (nSPS) is 28.1. The highest BCUT2D eigenvalue weighted by molar-refractivity contribution is 5.75. The van der Waals surface area contributed by atoms with Gasteiger partial charge in [-0.25, -0.2) is 9.37 Å². The minimum absolute atomic E-state index is 0.257. The van der Waals surface area contributed by atoms with Crippen molar-refractivity contribution in [3.8, 4) is 0 Å². The number of aliphatic hydroxyl groups is 2. The maximum absolute atomic E-state index is 13.8. The van der Waals surface area contributed by atoms with Crippen LogP contribution < -0.4 is 0 Å². The number of fused-ring (bicyclic) bond motifs is 1. The van der Waals surface area contributed by atoms with Crippen molar-refractivity contribution >= 4 is 11.0 Å². The average molecular weight is 252 g/mol. The molecule has 3 atom stereocenters. The molecule has 1 saturated heterocycles. The third-order valence-electron chi connectivity index (χ3n) is 3.24. The van der Waals surface area contributed by atoms with Crippen LogP contribution in [0.15, 0.2) is 24.5 Å². The molecule has 0 spiro atoms. The lowest BCUT2D eigenvalue weighted by Crippen LogP contribution is -2.24. The minimum atomic E-state index is -0.746. The molecular weight excluding hydrogens is 239 g/mol. The molecule has 5 nitrogen and oxygen atoms in total. The highest BCUT2D eigenvalue weighted by atomic mass is 19.1. The Bertz CT molecular complexity index is 571. The number of ether oxygens (including phenoxy) is 1. The van der Waals surface area contributed by atoms with Crippen LogP contribution in [0.4, 0.5) is 4.39 Å². The average Bonchev–Trinajstić information content (AvgIpc) is 2.93. The summed E-state index contributed by atoms with van der Waals surface area (Å²) in [4.78, 5) is 4.10. The first-order valence-electron chi connectivity index (χ1n) is 5.76. The molecular formula is C12H13FN2O3. The Morgan fingerprint density at radius 1 is 1.50 bits per heavy atom. The fourth-order valence-corrected chi connectivity index (χ4v) is 2.31. The molecule has 1 fully saturated rings. The van der Waals surface area contributed by atoms with Gasteiger partial charge in [-0.1, -0.05) is 6.07 Å². The zero-order valence-corrected chi connectivity index (χ0v) is 9.53. The van der Waals surface area contributed by atoms with Gasteiger partial charge >= 0.3 is 0 Å². The highest BCUT2D eigenvalue weighted by Gasteiger charge is 2.35. The van der Waals surface area contributed by atoms with E-state index in [0.29, 0.717) is 17.5 Å². The Morgan fingerprint density at radius 3 is 3.06 bits per heavy atom. The molecule has 18 heavy (non-hydrogen) atoms. The molecule has 2 aromatic rings. The predicted molar refractivity (Wildman–Crippen MR) is 61.3 cm³/mol. The smallest absolute Gasteiger partial charge is 0.149 e. The number of aliphatic hydroxyl groups excluding tert-OH is 2. The highest BCUT2D eigenvalue weighted by Crippen LogP contribution is 2.31. The van der Waals surface area contributed by atoms with Crippen LogP contribution in [0.3, 0.4) is 0 Å². The number of para-hydroxylation sites is 1. The van der Waals surface area contributed by atoms with Crippen LogP contribution in [-0.4, -0.2) is 38.6 Å². The molecule has 6 heteroatoms. The lowest BCUT2D eigenvalue weighted by atomic mass is 10.2. The largest absolute Gasteiger partial charge is 0.394 e. The number of hydrogen-bond donors (Lipinski definition) is 2. The zero-order valence-electron chi connectivity index (χ0n) is 9.53. The first-order valence-corrected chi connectivity index (χ1v) is 5.76. The first kappa shape index (κ1) is 11.6. The van der Waals surface area contributed by atoms with Gasteiger partial charge < -0.3 is 19.5 Å². The topological polar surface area (TPSA) is 67.5 Å². The standard InChI is InChI=1S/C12H13FN2O3/c13-7-2-1-3-8-12(7)15(6-14-8)11-4-9(17)10(5-16)18-11/h1-3,6,9-11,16-17H,4-5H2/t9-,10+,11+/m0/s1. The van der Waals surface area contributed by atoms with Crippen molar-refractivity contribution in [1.29, 1.82) is 0 Å². The van der Waals surface area contributed by atoms with Crippen LogP contribution in [0.5, 0.6) is 0 Å². The molecule has 0 unspecified atom stereocenters. The molecule has 1 aromatic carbocycles. The molecule has 1 aliphatic heterocycles. The Kier molecular flexibility index (Phi) is 2.77. The van der Waals surface area contributed by atoms with Crippen molar-refractivity contribution in [3.63, 3.8) is 0 Å². The predicted octanol–water partition coefficient (Wildman–Crippen LogP) is 0.816. The number of rotatable bonds is 2. The van der Waals surface area contributed by atoms with Gasteiger partial charge in [0, 0.05) is 6.42 Å². The van der Waals surface area contributed by atoms with E-state index in [-0.39, 0.29) is 12.4 Å². The maximum atomic E-state index is 13.8. The van der Waals surface area contributed by atoms with Crippen molar-refractivity contribution in [2.45, 2.75) is 24.9 Å². The number of nitrogens with zero attached hydrogens (tertiary/aromatic N) is 2. The van der Waals surface area contributed by atoms with Crippen molar-refractivity contribution in [2.24, 2.45) is 0 Å². The summed E-state index contributed by atoms with van der Waals surface area (Å²) in [6, 6.07) is 4.66. The monoisotopic (exact) mass is 252 g/mol. The minimum Gasteiger partial charge on any atom is -0.394 e. The molecule has 1 aromatic heterocycles. The van der Waals surface area contributed by atoms with E-state index in [2.05, 4.69) is 4.98 Å². The Labute approximate surface area is 102 Å². The number of aromatic nitrogens is 2. The van der Waals surface area contributed by atoms with E-state index < -0.39 is 18.4 Å². The Balaban J connectivity index is 2.01. The summed E-state index contributed by atoms with van der Waals surface area (Å²) in [5.41, 5.74) is 0.897. The summed E-state index contributed by atoms with van der Waals surface area (Å²) in [5, 5.41) is 18.7. The van der Waals surface area contributed by atoms with Crippen molar-refractivity contribution in [3.05, 3.63) is 30.3 Å². The van der Waals surface area contributed by atoms with Gasteiger partial charge in [0.15, 0.2) is 0 Å². The van der Waals surface area contributed by atoms with Crippen LogP contribution in [0, 0.1) is 5.82 Å². The lowest BCUT2D eigenvalue weighted by molar-refractivity contribution is -0.0431. The second-order valence-electron chi connectivity index (χ2n) is 4.37. The number of benzene rings is 1. The molecule has 0 amide bonds. The van der Waals surface area contributed by atoms with Gasteiger partial charge in [-0.3, -0.25) is 0 Å². The molecule has 0 aliphatic carbocycles. The van der Waals surface area contributed by atoms with Gasteiger partial charge in [0.1, 0.15) is 23.7 Å². The third-order valence-corrected chi connectivity index (χ3v) is 3.24.